The van der Waals surface area contributed by atoms with Crippen molar-refractivity contribution >= 4 is 23.2 Å². The SMILES string of the molecule is COc1ccc(OC(=O)CCNC(=O)c2cccs2)cc1. The molecule has 0 aliphatic rings. The molecule has 0 spiro atoms. The van der Waals surface area contributed by atoms with E-state index < -0.39 is 5.97 Å². The van der Waals surface area contributed by atoms with Crippen LogP contribution in [0.1, 0.15) is 16.1 Å². The second-order valence-electron chi connectivity index (χ2n) is 4.13. The Balaban J connectivity index is 1.73. The highest BCUT2D eigenvalue weighted by molar-refractivity contribution is 7.12. The number of carbonyl (C=O) groups is 2. The first kappa shape index (κ1) is 15.1. The Morgan fingerprint density at radius 1 is 1.14 bits per heavy atom. The second kappa shape index (κ2) is 7.44. The Labute approximate surface area is 126 Å². The molecule has 2 aromatic rings. The van der Waals surface area contributed by atoms with Gasteiger partial charge in [0.05, 0.1) is 18.4 Å². The van der Waals surface area contributed by atoms with Gasteiger partial charge in [-0.15, -0.1) is 11.3 Å². The molecule has 0 aliphatic heterocycles. The fraction of sp³-hybridized carbons (Fsp3) is 0.200. The Bertz CT molecular complexity index is 593. The van der Waals surface area contributed by atoms with Crippen molar-refractivity contribution in [3.8, 4) is 11.5 Å². The van der Waals surface area contributed by atoms with E-state index in [4.69, 9.17) is 9.47 Å². The molecule has 110 valence electrons. The highest BCUT2D eigenvalue weighted by Gasteiger charge is 2.08. The van der Waals surface area contributed by atoms with Crippen molar-refractivity contribution in [2.24, 2.45) is 0 Å². The highest BCUT2D eigenvalue weighted by atomic mass is 32.1. The number of hydrogen-bond donors (Lipinski definition) is 1. The highest BCUT2D eigenvalue weighted by Crippen LogP contribution is 2.17. The molecule has 0 fully saturated rings. The first-order chi connectivity index (χ1) is 10.2. The summed E-state index contributed by atoms with van der Waals surface area (Å²) in [5, 5.41) is 4.50. The maximum Gasteiger partial charge on any atom is 0.312 e. The first-order valence-electron chi connectivity index (χ1n) is 6.35. The molecule has 6 heteroatoms. The topological polar surface area (TPSA) is 64.6 Å². The largest absolute Gasteiger partial charge is 0.497 e. The summed E-state index contributed by atoms with van der Waals surface area (Å²) in [5.41, 5.74) is 0. The van der Waals surface area contributed by atoms with Crippen LogP contribution in [0.3, 0.4) is 0 Å². The second-order valence-corrected chi connectivity index (χ2v) is 5.08. The van der Waals surface area contributed by atoms with Crippen LogP contribution < -0.4 is 14.8 Å². The van der Waals surface area contributed by atoms with Gasteiger partial charge >= 0.3 is 5.97 Å². The molecule has 1 N–H and O–H groups in total. The summed E-state index contributed by atoms with van der Waals surface area (Å²) in [7, 11) is 1.57. The van der Waals surface area contributed by atoms with E-state index in [-0.39, 0.29) is 18.9 Å². The van der Waals surface area contributed by atoms with Crippen molar-refractivity contribution in [3.05, 3.63) is 46.7 Å². The zero-order chi connectivity index (χ0) is 15.1. The van der Waals surface area contributed by atoms with Crippen LogP contribution >= 0.6 is 11.3 Å². The van der Waals surface area contributed by atoms with Crippen LogP contribution in [0, 0.1) is 0 Å². The van der Waals surface area contributed by atoms with E-state index in [2.05, 4.69) is 5.32 Å². The van der Waals surface area contributed by atoms with Gasteiger partial charge in [0.15, 0.2) is 0 Å². The monoisotopic (exact) mass is 305 g/mol. The fourth-order valence-electron chi connectivity index (χ4n) is 1.60. The molecule has 0 unspecified atom stereocenters. The molecule has 0 saturated heterocycles. The maximum absolute atomic E-state index is 11.6. The molecule has 2 rings (SSSR count). The van der Waals surface area contributed by atoms with Crippen molar-refractivity contribution < 1.29 is 19.1 Å². The number of esters is 1. The van der Waals surface area contributed by atoms with E-state index in [0.29, 0.717) is 16.4 Å². The number of ether oxygens (including phenoxy) is 2. The minimum absolute atomic E-state index is 0.114. The molecule has 5 nitrogen and oxygen atoms in total. The molecule has 1 aromatic carbocycles. The third-order valence-electron chi connectivity index (χ3n) is 2.65. The molecular formula is C15H15NO4S. The molecule has 1 aromatic heterocycles. The van der Waals surface area contributed by atoms with Gasteiger partial charge in [0.25, 0.3) is 5.91 Å². The fourth-order valence-corrected chi connectivity index (χ4v) is 2.24. The number of methoxy groups -OCH3 is 1. The minimum Gasteiger partial charge on any atom is -0.497 e. The molecule has 0 radical (unpaired) electrons. The van der Waals surface area contributed by atoms with Gasteiger partial charge in [-0.05, 0) is 35.7 Å². The van der Waals surface area contributed by atoms with Crippen molar-refractivity contribution in [2.45, 2.75) is 6.42 Å². The van der Waals surface area contributed by atoms with Crippen LogP contribution in [0.2, 0.25) is 0 Å². The Morgan fingerprint density at radius 3 is 2.48 bits per heavy atom. The maximum atomic E-state index is 11.6. The molecule has 1 heterocycles. The lowest BCUT2D eigenvalue weighted by Gasteiger charge is -2.06. The molecule has 0 aliphatic carbocycles. The minimum atomic E-state index is -0.397. The number of benzene rings is 1. The Kier molecular flexibility index (Phi) is 5.34. The van der Waals surface area contributed by atoms with Crippen molar-refractivity contribution in [1.29, 1.82) is 0 Å². The van der Waals surface area contributed by atoms with Gasteiger partial charge < -0.3 is 14.8 Å². The molecule has 1 amide bonds. The van der Waals surface area contributed by atoms with Gasteiger partial charge in [-0.1, -0.05) is 6.07 Å². The van der Waals surface area contributed by atoms with Crippen LogP contribution in [-0.4, -0.2) is 25.5 Å². The quantitative estimate of drug-likeness (QED) is 0.658. The average molecular weight is 305 g/mol. The predicted molar refractivity (Wildman–Crippen MR) is 79.9 cm³/mol. The average Bonchev–Trinajstić information content (AvgIpc) is 3.02. The third-order valence-corrected chi connectivity index (χ3v) is 3.52. The van der Waals surface area contributed by atoms with Gasteiger partial charge in [0.2, 0.25) is 0 Å². The summed E-state index contributed by atoms with van der Waals surface area (Å²) in [5.74, 6) is 0.567. The number of rotatable bonds is 6. The van der Waals surface area contributed by atoms with E-state index in [0.717, 1.165) is 0 Å². The lowest BCUT2D eigenvalue weighted by molar-refractivity contribution is -0.134. The Morgan fingerprint density at radius 2 is 1.86 bits per heavy atom. The number of amides is 1. The number of thiophene rings is 1. The van der Waals surface area contributed by atoms with Crippen molar-refractivity contribution in [2.75, 3.05) is 13.7 Å². The lowest BCUT2D eigenvalue weighted by Crippen LogP contribution is -2.26. The standard InChI is InChI=1S/C15H15NO4S/c1-19-11-4-6-12(7-5-11)20-14(17)8-9-16-15(18)13-3-2-10-21-13/h2-7,10H,8-9H2,1H3,(H,16,18). The molecule has 0 saturated carbocycles. The molecule has 0 atom stereocenters. The van der Waals surface area contributed by atoms with Gasteiger partial charge in [-0.3, -0.25) is 9.59 Å². The summed E-state index contributed by atoms with van der Waals surface area (Å²) in [6.07, 6.45) is 0.114. The Hall–Kier alpha value is -2.34. The normalized spacial score (nSPS) is 9.95. The summed E-state index contributed by atoms with van der Waals surface area (Å²) in [4.78, 5) is 23.9. The van der Waals surface area contributed by atoms with Crippen molar-refractivity contribution in [1.82, 2.24) is 5.32 Å². The van der Waals surface area contributed by atoms with Crippen LogP contribution in [0.25, 0.3) is 0 Å². The van der Waals surface area contributed by atoms with Crippen LogP contribution in [0.5, 0.6) is 11.5 Å². The smallest absolute Gasteiger partial charge is 0.312 e. The van der Waals surface area contributed by atoms with Crippen molar-refractivity contribution in [3.63, 3.8) is 0 Å². The third kappa shape index (κ3) is 4.61. The first-order valence-corrected chi connectivity index (χ1v) is 7.23. The van der Waals surface area contributed by atoms with Crippen LogP contribution in [0.15, 0.2) is 41.8 Å². The molecule has 21 heavy (non-hydrogen) atoms. The van der Waals surface area contributed by atoms with E-state index in [9.17, 15) is 9.59 Å². The van der Waals surface area contributed by atoms with E-state index in [1.54, 1.807) is 43.5 Å². The summed E-state index contributed by atoms with van der Waals surface area (Å²) in [6.45, 7) is 0.242. The van der Waals surface area contributed by atoms with Gasteiger partial charge in [-0.2, -0.15) is 0 Å². The van der Waals surface area contributed by atoms with Gasteiger partial charge in [0, 0.05) is 6.54 Å². The van der Waals surface area contributed by atoms with E-state index in [1.165, 1.54) is 11.3 Å². The van der Waals surface area contributed by atoms with E-state index >= 15 is 0 Å². The van der Waals surface area contributed by atoms with Gasteiger partial charge in [-0.25, -0.2) is 0 Å². The number of hydrogen-bond acceptors (Lipinski definition) is 5. The lowest BCUT2D eigenvalue weighted by atomic mass is 10.3. The summed E-state index contributed by atoms with van der Waals surface area (Å²) in [6, 6.07) is 10.3. The number of nitrogens with one attached hydrogen (secondary N) is 1. The van der Waals surface area contributed by atoms with Crippen LogP contribution in [0.4, 0.5) is 0 Å². The molecular weight excluding hydrogens is 290 g/mol. The zero-order valence-electron chi connectivity index (χ0n) is 11.5. The summed E-state index contributed by atoms with van der Waals surface area (Å²) < 4.78 is 10.2. The van der Waals surface area contributed by atoms with Crippen LogP contribution in [-0.2, 0) is 4.79 Å². The zero-order valence-corrected chi connectivity index (χ0v) is 12.3. The van der Waals surface area contributed by atoms with Gasteiger partial charge in [0.1, 0.15) is 11.5 Å². The summed E-state index contributed by atoms with van der Waals surface area (Å²) >= 11 is 1.36. The molecule has 0 bridgehead atoms. The number of carbonyl (C=O) groups excluding carboxylic acids is 2. The van der Waals surface area contributed by atoms with E-state index in [1.807, 2.05) is 5.38 Å². The predicted octanol–water partition coefficient (Wildman–Crippen LogP) is 2.48.